The van der Waals surface area contributed by atoms with Crippen molar-refractivity contribution in [3.63, 3.8) is 0 Å². The normalized spacial score (nSPS) is 8.74. The first-order valence-electron chi connectivity index (χ1n) is 6.88. The average molecular weight is 512 g/mol. The summed E-state index contributed by atoms with van der Waals surface area (Å²) in [5.74, 6) is -0.312. The third-order valence-corrected chi connectivity index (χ3v) is 3.29. The van der Waals surface area contributed by atoms with Crippen molar-refractivity contribution >= 4 is 12.6 Å². The average Bonchev–Trinajstić information content (AvgIpc) is 2.59. The van der Waals surface area contributed by atoms with E-state index in [0.717, 1.165) is 0 Å². The van der Waals surface area contributed by atoms with Crippen molar-refractivity contribution in [2.24, 2.45) is 0 Å². The number of aromatic nitrogens is 2. The Hall–Kier alpha value is -1.60. The van der Waals surface area contributed by atoms with E-state index in [2.05, 4.69) is 9.97 Å². The molecule has 0 bridgehead atoms. The Morgan fingerprint density at radius 3 is 1.33 bits per heavy atom. The Morgan fingerprint density at radius 2 is 1.11 bits per heavy atom. The molecule has 152 valence electrons. The molecule has 0 saturated heterocycles. The number of carbonyl (C=O) groups excluding carboxylic acids is 2. The van der Waals surface area contributed by atoms with E-state index in [1.165, 1.54) is 12.4 Å². The van der Waals surface area contributed by atoms with Crippen molar-refractivity contribution in [1.29, 1.82) is 0 Å². The summed E-state index contributed by atoms with van der Waals surface area (Å²) < 4.78 is 0. The van der Waals surface area contributed by atoms with E-state index in [4.69, 9.17) is 10.2 Å². The van der Waals surface area contributed by atoms with E-state index in [-0.39, 0.29) is 81.1 Å². The summed E-state index contributed by atoms with van der Waals surface area (Å²) in [5.41, 5.74) is 1.68. The van der Waals surface area contributed by atoms with Crippen LogP contribution in [0.3, 0.4) is 0 Å². The summed E-state index contributed by atoms with van der Waals surface area (Å²) in [7, 11) is 0. The summed E-state index contributed by atoms with van der Waals surface area (Å²) in [4.78, 5) is 28.5. The fourth-order valence-electron chi connectivity index (χ4n) is 1.82. The number of aldehydes is 2. The largest absolute Gasteiger partial charge is 2.00 e. The van der Waals surface area contributed by atoms with Gasteiger partial charge in [0.1, 0.15) is 11.5 Å². The fraction of sp³-hybridized carbons (Fsp3) is 0.250. The first kappa shape index (κ1) is 30.1. The van der Waals surface area contributed by atoms with Gasteiger partial charge in [0.2, 0.25) is 0 Å². The number of aliphatic hydroxyl groups excluding tert-OH is 2. The second-order valence-corrected chi connectivity index (χ2v) is 4.81. The molecule has 8 nitrogen and oxygen atoms in total. The van der Waals surface area contributed by atoms with Crippen molar-refractivity contribution in [3.8, 4) is 11.5 Å². The van der Waals surface area contributed by atoms with Gasteiger partial charge in [-0.3, -0.25) is 19.6 Å². The predicted octanol–water partition coefficient (Wildman–Crippen LogP) is -5.19. The molecule has 2 aromatic rings. The molecule has 2 heterocycles. The minimum atomic E-state index is -0.297. The Kier molecular flexibility index (Phi) is 16.1. The van der Waals surface area contributed by atoms with Crippen LogP contribution in [0.15, 0.2) is 12.4 Å². The molecule has 0 fully saturated rings. The topological polar surface area (TPSA) is 141 Å². The van der Waals surface area contributed by atoms with Crippen LogP contribution in [0.2, 0.25) is 0 Å². The Morgan fingerprint density at radius 1 is 0.815 bits per heavy atom. The summed E-state index contributed by atoms with van der Waals surface area (Å²) in [6, 6.07) is 0. The van der Waals surface area contributed by atoms with E-state index in [0.29, 0.717) is 35.1 Å². The first-order chi connectivity index (χ1) is 11.4. The SMILES string of the molecule is Cc1ncc(CO)c(C=O)c1O.Cc1ncc(CO)c(C=O)c1O.[Cl-].[Cl-].[Pd+2]. The molecule has 0 unspecified atom stereocenters. The monoisotopic (exact) mass is 510 g/mol. The van der Waals surface area contributed by atoms with Gasteiger partial charge in [0, 0.05) is 23.5 Å². The zero-order valence-electron chi connectivity index (χ0n) is 14.3. The van der Waals surface area contributed by atoms with Gasteiger partial charge in [0.25, 0.3) is 0 Å². The van der Waals surface area contributed by atoms with E-state index in [1.807, 2.05) is 0 Å². The molecule has 27 heavy (non-hydrogen) atoms. The number of hydrogen-bond acceptors (Lipinski definition) is 8. The molecule has 2 rings (SSSR count). The molecule has 4 N–H and O–H groups in total. The van der Waals surface area contributed by atoms with Crippen LogP contribution in [-0.4, -0.2) is 43.0 Å². The second-order valence-electron chi connectivity index (χ2n) is 4.81. The maximum atomic E-state index is 10.5. The zero-order chi connectivity index (χ0) is 18.3. The number of nitrogens with zero attached hydrogens (tertiary/aromatic N) is 2. The molecule has 0 radical (unpaired) electrons. The maximum absolute atomic E-state index is 10.5. The van der Waals surface area contributed by atoms with Crippen molar-refractivity contribution < 1.29 is 75.3 Å². The minimum absolute atomic E-state index is 0. The van der Waals surface area contributed by atoms with Gasteiger partial charge in [0.05, 0.1) is 35.7 Å². The zero-order valence-corrected chi connectivity index (χ0v) is 17.4. The van der Waals surface area contributed by atoms with Crippen molar-refractivity contribution in [3.05, 3.63) is 46.0 Å². The van der Waals surface area contributed by atoms with Gasteiger partial charge in [-0.1, -0.05) is 0 Å². The van der Waals surface area contributed by atoms with E-state index in [9.17, 15) is 19.8 Å². The van der Waals surface area contributed by atoms with Gasteiger partial charge in [0.15, 0.2) is 12.6 Å². The number of aliphatic hydroxyl groups is 2. The summed E-state index contributed by atoms with van der Waals surface area (Å²) in [5, 5.41) is 36.1. The van der Waals surface area contributed by atoms with Gasteiger partial charge < -0.3 is 45.2 Å². The van der Waals surface area contributed by atoms with Crippen molar-refractivity contribution in [2.45, 2.75) is 27.1 Å². The van der Waals surface area contributed by atoms with Crippen LogP contribution in [0.25, 0.3) is 0 Å². The van der Waals surface area contributed by atoms with Gasteiger partial charge >= 0.3 is 20.4 Å². The quantitative estimate of drug-likeness (QED) is 0.236. The Bertz CT molecular complexity index is 699. The molecule has 0 aromatic carbocycles. The summed E-state index contributed by atoms with van der Waals surface area (Å²) in [6.07, 6.45) is 3.77. The van der Waals surface area contributed by atoms with Crippen LogP contribution in [0.1, 0.15) is 43.2 Å². The molecule has 2 aromatic heterocycles. The van der Waals surface area contributed by atoms with Crippen LogP contribution < -0.4 is 24.8 Å². The fourth-order valence-corrected chi connectivity index (χ4v) is 1.82. The predicted molar refractivity (Wildman–Crippen MR) is 83.9 cm³/mol. The molecule has 0 amide bonds. The molecule has 0 spiro atoms. The third-order valence-electron chi connectivity index (χ3n) is 3.29. The third kappa shape index (κ3) is 7.50. The number of halogens is 2. The van der Waals surface area contributed by atoms with E-state index >= 15 is 0 Å². The van der Waals surface area contributed by atoms with Gasteiger partial charge in [-0.15, -0.1) is 0 Å². The summed E-state index contributed by atoms with van der Waals surface area (Å²) in [6.45, 7) is 2.58. The van der Waals surface area contributed by atoms with Crippen LogP contribution >= 0.6 is 0 Å². The van der Waals surface area contributed by atoms with Crippen LogP contribution in [0.4, 0.5) is 0 Å². The van der Waals surface area contributed by atoms with Gasteiger partial charge in [-0.05, 0) is 13.8 Å². The van der Waals surface area contributed by atoms with Crippen LogP contribution in [0.5, 0.6) is 11.5 Å². The number of aromatic hydroxyl groups is 2. The smallest absolute Gasteiger partial charge is 1.00 e. The molecular formula is C16H18Cl2N2O6Pd. The van der Waals surface area contributed by atoms with Gasteiger partial charge in [-0.2, -0.15) is 0 Å². The molecule has 0 aliphatic heterocycles. The van der Waals surface area contributed by atoms with Crippen molar-refractivity contribution in [1.82, 2.24) is 9.97 Å². The second kappa shape index (κ2) is 14.5. The number of rotatable bonds is 4. The molecule has 0 atom stereocenters. The Labute approximate surface area is 182 Å². The minimum Gasteiger partial charge on any atom is -1.00 e. The number of carbonyl (C=O) groups is 2. The molecule has 0 aliphatic rings. The molecule has 11 heteroatoms. The standard InChI is InChI=1S/2C8H9NO3.2ClH.Pd/c2*1-5-8(12)7(4-11)6(3-10)2-9-5;;;/h2*2,4,10,12H,3H2,1H3;2*1H;/q;;;;+2/p-2. The molecule has 0 saturated carbocycles. The summed E-state index contributed by atoms with van der Waals surface area (Å²) >= 11 is 0. The van der Waals surface area contributed by atoms with Crippen LogP contribution in [-0.2, 0) is 33.6 Å². The number of hydrogen-bond donors (Lipinski definition) is 4. The molecular weight excluding hydrogens is 494 g/mol. The van der Waals surface area contributed by atoms with Crippen LogP contribution in [0, 0.1) is 13.8 Å². The van der Waals surface area contributed by atoms with E-state index in [1.54, 1.807) is 13.8 Å². The van der Waals surface area contributed by atoms with E-state index < -0.39 is 0 Å². The van der Waals surface area contributed by atoms with Gasteiger partial charge in [-0.25, -0.2) is 0 Å². The Balaban J connectivity index is -0.000000384. The number of pyridine rings is 2. The van der Waals surface area contributed by atoms with Crippen molar-refractivity contribution in [2.75, 3.05) is 0 Å². The maximum Gasteiger partial charge on any atom is 2.00 e. The number of aryl methyl sites for hydroxylation is 2. The molecule has 0 aliphatic carbocycles. The first-order valence-corrected chi connectivity index (χ1v) is 6.88.